The fourth-order valence-electron chi connectivity index (χ4n) is 3.38. The van der Waals surface area contributed by atoms with E-state index in [1.165, 1.54) is 24.1 Å². The van der Waals surface area contributed by atoms with Crippen LogP contribution in [0, 0.1) is 5.41 Å². The summed E-state index contributed by atoms with van der Waals surface area (Å²) in [6.07, 6.45) is 2.36. The monoisotopic (exact) mass is 274 g/mol. The van der Waals surface area contributed by atoms with Crippen molar-refractivity contribution >= 4 is 0 Å². The Bertz CT molecular complexity index is 474. The van der Waals surface area contributed by atoms with Crippen molar-refractivity contribution in [2.24, 2.45) is 5.41 Å². The van der Waals surface area contributed by atoms with Crippen molar-refractivity contribution in [1.29, 1.82) is 0 Å². The predicted octanol–water partition coefficient (Wildman–Crippen LogP) is 2.44. The lowest BCUT2D eigenvalue weighted by Gasteiger charge is -2.26. The number of nitrogens with zero attached hydrogens (tertiary/aromatic N) is 1. The van der Waals surface area contributed by atoms with Crippen LogP contribution < -0.4 is 10.1 Å². The average molecular weight is 274 g/mol. The summed E-state index contributed by atoms with van der Waals surface area (Å²) in [6, 6.07) is 6.50. The van der Waals surface area contributed by atoms with Gasteiger partial charge in [-0.2, -0.15) is 0 Å². The summed E-state index contributed by atoms with van der Waals surface area (Å²) in [5.74, 6) is 1.09. The summed E-state index contributed by atoms with van der Waals surface area (Å²) >= 11 is 0. The molecule has 0 aromatic heterocycles. The van der Waals surface area contributed by atoms with Gasteiger partial charge in [-0.1, -0.05) is 26.0 Å². The van der Waals surface area contributed by atoms with Crippen LogP contribution in [0.1, 0.15) is 31.4 Å². The number of rotatable bonds is 4. The van der Waals surface area contributed by atoms with Gasteiger partial charge < -0.3 is 15.0 Å². The molecule has 1 unspecified atom stereocenters. The highest BCUT2D eigenvalue weighted by atomic mass is 16.5. The summed E-state index contributed by atoms with van der Waals surface area (Å²) < 4.78 is 6.22. The van der Waals surface area contributed by atoms with E-state index in [-0.39, 0.29) is 0 Å². The van der Waals surface area contributed by atoms with Crippen LogP contribution in [0.3, 0.4) is 0 Å². The molecule has 3 rings (SSSR count). The third kappa shape index (κ3) is 2.84. The highest BCUT2D eigenvalue weighted by Gasteiger charge is 2.34. The van der Waals surface area contributed by atoms with E-state index in [0.717, 1.165) is 45.0 Å². The lowest BCUT2D eigenvalue weighted by Crippen LogP contribution is -2.30. The van der Waals surface area contributed by atoms with Crippen molar-refractivity contribution in [3.63, 3.8) is 0 Å². The lowest BCUT2D eigenvalue weighted by molar-refractivity contribution is 0.163. The maximum atomic E-state index is 6.22. The molecule has 20 heavy (non-hydrogen) atoms. The van der Waals surface area contributed by atoms with E-state index in [1.807, 2.05) is 0 Å². The van der Waals surface area contributed by atoms with Crippen molar-refractivity contribution < 1.29 is 4.74 Å². The van der Waals surface area contributed by atoms with Gasteiger partial charge in [-0.15, -0.1) is 0 Å². The standard InChI is InChI=1S/C17H26N2O/c1-3-19-10-8-17(2,12-19)13-20-16-6-4-5-14-7-9-18-11-15(14)16/h4-6,18H,3,7-13H2,1-2H3. The Balaban J connectivity index is 1.67. The van der Waals surface area contributed by atoms with Crippen LogP contribution in [-0.4, -0.2) is 37.7 Å². The molecule has 0 bridgehead atoms. The van der Waals surface area contributed by atoms with Crippen LogP contribution in [0.15, 0.2) is 18.2 Å². The first-order chi connectivity index (χ1) is 9.70. The Morgan fingerprint density at radius 3 is 3.10 bits per heavy atom. The minimum atomic E-state index is 0.306. The molecule has 0 aliphatic carbocycles. The van der Waals surface area contributed by atoms with Gasteiger partial charge in [0.15, 0.2) is 0 Å². The second-order valence-electron chi connectivity index (χ2n) is 6.54. The molecule has 3 nitrogen and oxygen atoms in total. The van der Waals surface area contributed by atoms with E-state index in [0.29, 0.717) is 5.41 Å². The molecule has 1 saturated heterocycles. The highest BCUT2D eigenvalue weighted by Crippen LogP contribution is 2.32. The van der Waals surface area contributed by atoms with Crippen LogP contribution in [-0.2, 0) is 13.0 Å². The van der Waals surface area contributed by atoms with E-state index >= 15 is 0 Å². The van der Waals surface area contributed by atoms with E-state index < -0.39 is 0 Å². The summed E-state index contributed by atoms with van der Waals surface area (Å²) in [5.41, 5.74) is 3.13. The smallest absolute Gasteiger partial charge is 0.124 e. The minimum Gasteiger partial charge on any atom is -0.493 e. The quantitative estimate of drug-likeness (QED) is 0.912. The highest BCUT2D eigenvalue weighted by molar-refractivity contribution is 5.41. The Morgan fingerprint density at radius 2 is 2.30 bits per heavy atom. The fraction of sp³-hybridized carbons (Fsp3) is 0.647. The Labute approximate surface area is 122 Å². The molecule has 1 atom stereocenters. The van der Waals surface area contributed by atoms with Gasteiger partial charge in [0.1, 0.15) is 5.75 Å². The number of hydrogen-bond acceptors (Lipinski definition) is 3. The third-order valence-electron chi connectivity index (χ3n) is 4.76. The molecule has 0 spiro atoms. The largest absolute Gasteiger partial charge is 0.493 e. The summed E-state index contributed by atoms with van der Waals surface area (Å²) in [5, 5.41) is 3.45. The van der Waals surface area contributed by atoms with Gasteiger partial charge in [-0.05, 0) is 44.1 Å². The van der Waals surface area contributed by atoms with Gasteiger partial charge >= 0.3 is 0 Å². The summed E-state index contributed by atoms with van der Waals surface area (Å²) in [7, 11) is 0. The number of benzene rings is 1. The maximum Gasteiger partial charge on any atom is 0.124 e. The number of hydrogen-bond donors (Lipinski definition) is 1. The van der Waals surface area contributed by atoms with Crippen molar-refractivity contribution in [1.82, 2.24) is 10.2 Å². The molecular formula is C17H26N2O. The van der Waals surface area contributed by atoms with E-state index in [2.05, 4.69) is 42.3 Å². The van der Waals surface area contributed by atoms with Gasteiger partial charge in [0.25, 0.3) is 0 Å². The Kier molecular flexibility index (Phi) is 3.99. The molecule has 1 N–H and O–H groups in total. The number of likely N-dealkylation sites (tertiary alicyclic amines) is 1. The summed E-state index contributed by atoms with van der Waals surface area (Å²) in [6.45, 7) is 11.0. The molecular weight excluding hydrogens is 248 g/mol. The zero-order chi connectivity index (χ0) is 14.0. The van der Waals surface area contributed by atoms with Gasteiger partial charge in [-0.25, -0.2) is 0 Å². The van der Waals surface area contributed by atoms with E-state index in [9.17, 15) is 0 Å². The Morgan fingerprint density at radius 1 is 1.40 bits per heavy atom. The minimum absolute atomic E-state index is 0.306. The first kappa shape index (κ1) is 13.9. The molecule has 2 aliphatic heterocycles. The molecule has 0 amide bonds. The molecule has 1 aromatic carbocycles. The fourth-order valence-corrected chi connectivity index (χ4v) is 3.38. The summed E-state index contributed by atoms with van der Waals surface area (Å²) in [4.78, 5) is 2.52. The molecule has 1 aromatic rings. The first-order valence-electron chi connectivity index (χ1n) is 7.87. The van der Waals surface area contributed by atoms with Crippen molar-refractivity contribution in [2.45, 2.75) is 33.2 Å². The molecule has 110 valence electrons. The maximum absolute atomic E-state index is 6.22. The van der Waals surface area contributed by atoms with Gasteiger partial charge in [0.05, 0.1) is 6.61 Å². The number of ether oxygens (including phenoxy) is 1. The van der Waals surface area contributed by atoms with Crippen molar-refractivity contribution in [3.05, 3.63) is 29.3 Å². The lowest BCUT2D eigenvalue weighted by atomic mass is 9.91. The van der Waals surface area contributed by atoms with Crippen LogP contribution in [0.5, 0.6) is 5.75 Å². The SMILES string of the molecule is CCN1CCC(C)(COc2cccc3c2CNCC3)C1. The van der Waals surface area contributed by atoms with E-state index in [4.69, 9.17) is 4.74 Å². The van der Waals surface area contributed by atoms with Crippen LogP contribution in [0.25, 0.3) is 0 Å². The zero-order valence-electron chi connectivity index (χ0n) is 12.7. The van der Waals surface area contributed by atoms with Gasteiger partial charge in [0.2, 0.25) is 0 Å². The Hall–Kier alpha value is -1.06. The van der Waals surface area contributed by atoms with Crippen molar-refractivity contribution in [3.8, 4) is 5.75 Å². The third-order valence-corrected chi connectivity index (χ3v) is 4.76. The topological polar surface area (TPSA) is 24.5 Å². The van der Waals surface area contributed by atoms with Gasteiger partial charge in [-0.3, -0.25) is 0 Å². The predicted molar refractivity (Wildman–Crippen MR) is 82.2 cm³/mol. The molecule has 0 saturated carbocycles. The molecule has 1 fully saturated rings. The second kappa shape index (κ2) is 5.74. The number of nitrogens with one attached hydrogen (secondary N) is 1. The molecule has 3 heteroatoms. The van der Waals surface area contributed by atoms with Crippen LogP contribution in [0.4, 0.5) is 0 Å². The zero-order valence-corrected chi connectivity index (χ0v) is 12.7. The average Bonchev–Trinajstić information content (AvgIpc) is 2.87. The second-order valence-corrected chi connectivity index (χ2v) is 6.54. The normalized spacial score (nSPS) is 26.5. The van der Waals surface area contributed by atoms with Gasteiger partial charge in [0, 0.05) is 24.1 Å². The van der Waals surface area contributed by atoms with E-state index in [1.54, 1.807) is 0 Å². The number of fused-ring (bicyclic) bond motifs is 1. The molecule has 0 radical (unpaired) electrons. The molecule has 2 heterocycles. The van der Waals surface area contributed by atoms with Crippen molar-refractivity contribution in [2.75, 3.05) is 32.8 Å². The first-order valence-corrected chi connectivity index (χ1v) is 7.87. The van der Waals surface area contributed by atoms with Crippen LogP contribution >= 0.6 is 0 Å². The van der Waals surface area contributed by atoms with Crippen LogP contribution in [0.2, 0.25) is 0 Å². The molecule has 2 aliphatic rings.